The fourth-order valence-electron chi connectivity index (χ4n) is 3.38. The van der Waals surface area contributed by atoms with Crippen LogP contribution in [0.1, 0.15) is 10.4 Å². The zero-order valence-electron chi connectivity index (χ0n) is 15.9. The molecule has 0 saturated carbocycles. The van der Waals surface area contributed by atoms with Crippen LogP contribution in [0.2, 0.25) is 0 Å². The molecule has 29 heavy (non-hydrogen) atoms. The van der Waals surface area contributed by atoms with Crippen LogP contribution in [0.5, 0.6) is 0 Å². The lowest BCUT2D eigenvalue weighted by molar-refractivity contribution is 0.0671. The van der Waals surface area contributed by atoms with Gasteiger partial charge in [-0.1, -0.05) is 0 Å². The van der Waals surface area contributed by atoms with Crippen molar-refractivity contribution >= 4 is 34.1 Å². The maximum atomic E-state index is 12.9. The van der Waals surface area contributed by atoms with Crippen molar-refractivity contribution in [1.82, 2.24) is 24.4 Å². The average Bonchev–Trinajstić information content (AvgIpc) is 3.31. The summed E-state index contributed by atoms with van der Waals surface area (Å²) in [6.07, 6.45) is 4.38. The Labute approximate surface area is 165 Å². The molecule has 3 aromatic heterocycles. The SMILES string of the molecule is COC(=O)N(CCO)C(=O)c1ccc2c(c1)c(-c1cc3nccnc3[nH]1)cn2C. The molecule has 2 N–H and O–H groups in total. The molecule has 2 amide bonds. The van der Waals surface area contributed by atoms with Gasteiger partial charge in [0, 0.05) is 47.7 Å². The predicted molar refractivity (Wildman–Crippen MR) is 106 cm³/mol. The Morgan fingerprint density at radius 3 is 2.76 bits per heavy atom. The maximum absolute atomic E-state index is 12.9. The number of fused-ring (bicyclic) bond motifs is 2. The van der Waals surface area contributed by atoms with Crippen molar-refractivity contribution in [3.63, 3.8) is 0 Å². The van der Waals surface area contributed by atoms with E-state index < -0.39 is 12.0 Å². The Hall–Kier alpha value is -3.72. The van der Waals surface area contributed by atoms with Gasteiger partial charge in [-0.3, -0.25) is 9.78 Å². The van der Waals surface area contributed by atoms with Crippen molar-refractivity contribution in [2.75, 3.05) is 20.3 Å². The van der Waals surface area contributed by atoms with E-state index >= 15 is 0 Å². The minimum absolute atomic E-state index is 0.148. The number of aryl methyl sites for hydroxylation is 1. The number of methoxy groups -OCH3 is 1. The Kier molecular flexibility index (Phi) is 4.73. The highest BCUT2D eigenvalue weighted by Crippen LogP contribution is 2.32. The highest BCUT2D eigenvalue weighted by molar-refractivity contribution is 6.07. The number of nitrogens with one attached hydrogen (secondary N) is 1. The van der Waals surface area contributed by atoms with Gasteiger partial charge in [0.15, 0.2) is 5.65 Å². The van der Waals surface area contributed by atoms with Crippen LogP contribution in [0, 0.1) is 0 Å². The Morgan fingerprint density at radius 1 is 1.24 bits per heavy atom. The van der Waals surface area contributed by atoms with E-state index in [2.05, 4.69) is 19.7 Å². The minimum Gasteiger partial charge on any atom is -0.452 e. The van der Waals surface area contributed by atoms with Gasteiger partial charge in [0.2, 0.25) is 0 Å². The molecule has 4 aromatic rings. The number of hydrogen-bond acceptors (Lipinski definition) is 6. The topological polar surface area (TPSA) is 113 Å². The number of aliphatic hydroxyl groups excluding tert-OH is 1. The molecule has 0 unspecified atom stereocenters. The van der Waals surface area contributed by atoms with E-state index in [-0.39, 0.29) is 13.2 Å². The van der Waals surface area contributed by atoms with E-state index in [4.69, 9.17) is 0 Å². The van der Waals surface area contributed by atoms with Gasteiger partial charge in [0.1, 0.15) is 5.52 Å². The number of H-pyrrole nitrogens is 1. The Bertz CT molecular complexity index is 1190. The van der Waals surface area contributed by atoms with Crippen LogP contribution in [-0.4, -0.2) is 61.8 Å². The standard InChI is InChI=1S/C20H19N5O4/c1-24-11-14(15-10-16-18(23-15)22-6-5-21-16)13-9-12(3-4-17(13)24)19(27)25(7-8-26)20(28)29-2/h3-6,9-11,26H,7-8H2,1-2H3,(H,22,23). The lowest BCUT2D eigenvalue weighted by atomic mass is 10.1. The van der Waals surface area contributed by atoms with Gasteiger partial charge >= 0.3 is 6.09 Å². The smallest absolute Gasteiger partial charge is 0.416 e. The number of carbonyl (C=O) groups excluding carboxylic acids is 2. The molecule has 3 heterocycles. The molecule has 0 spiro atoms. The van der Waals surface area contributed by atoms with Gasteiger partial charge in [-0.05, 0) is 24.3 Å². The first-order chi connectivity index (χ1) is 14.0. The Morgan fingerprint density at radius 2 is 2.03 bits per heavy atom. The molecule has 0 aliphatic heterocycles. The van der Waals surface area contributed by atoms with E-state index in [0.29, 0.717) is 11.2 Å². The lowest BCUT2D eigenvalue weighted by Crippen LogP contribution is -2.38. The number of rotatable bonds is 4. The molecule has 0 atom stereocenters. The number of hydrogen-bond donors (Lipinski definition) is 2. The van der Waals surface area contributed by atoms with Crippen molar-refractivity contribution in [3.05, 3.63) is 48.4 Å². The summed E-state index contributed by atoms with van der Waals surface area (Å²) in [4.78, 5) is 37.5. The van der Waals surface area contributed by atoms with E-state index in [1.165, 1.54) is 7.11 Å². The van der Waals surface area contributed by atoms with Gasteiger partial charge in [-0.2, -0.15) is 0 Å². The monoisotopic (exact) mass is 393 g/mol. The quantitative estimate of drug-likeness (QED) is 0.550. The third-order valence-corrected chi connectivity index (χ3v) is 4.75. The molecular formula is C20H19N5O4. The van der Waals surface area contributed by atoms with Crippen LogP contribution in [0.25, 0.3) is 33.3 Å². The molecule has 148 valence electrons. The summed E-state index contributed by atoms with van der Waals surface area (Å²) < 4.78 is 6.61. The average molecular weight is 393 g/mol. The fourth-order valence-corrected chi connectivity index (χ4v) is 3.38. The van der Waals surface area contributed by atoms with E-state index in [0.717, 1.165) is 32.6 Å². The zero-order valence-corrected chi connectivity index (χ0v) is 15.9. The number of ether oxygens (including phenoxy) is 1. The molecule has 9 nitrogen and oxygen atoms in total. The normalized spacial score (nSPS) is 11.1. The molecule has 0 aliphatic rings. The zero-order chi connectivity index (χ0) is 20.5. The van der Waals surface area contributed by atoms with Crippen LogP contribution in [0.3, 0.4) is 0 Å². The molecule has 0 aliphatic carbocycles. The number of aromatic amines is 1. The fraction of sp³-hybridized carbons (Fsp3) is 0.200. The van der Waals surface area contributed by atoms with Crippen LogP contribution in [-0.2, 0) is 11.8 Å². The number of benzene rings is 1. The second-order valence-corrected chi connectivity index (χ2v) is 6.51. The van der Waals surface area contributed by atoms with Crippen molar-refractivity contribution in [2.24, 2.45) is 7.05 Å². The second kappa shape index (κ2) is 7.36. The van der Waals surface area contributed by atoms with Crippen LogP contribution < -0.4 is 0 Å². The van der Waals surface area contributed by atoms with Crippen LogP contribution in [0.4, 0.5) is 4.79 Å². The molecular weight excluding hydrogens is 374 g/mol. The lowest BCUT2D eigenvalue weighted by Gasteiger charge is -2.18. The van der Waals surface area contributed by atoms with Crippen molar-refractivity contribution in [2.45, 2.75) is 0 Å². The van der Waals surface area contributed by atoms with Gasteiger partial charge in [-0.15, -0.1) is 0 Å². The summed E-state index contributed by atoms with van der Waals surface area (Å²) >= 11 is 0. The summed E-state index contributed by atoms with van der Waals surface area (Å²) in [5.74, 6) is -0.539. The van der Waals surface area contributed by atoms with Crippen molar-refractivity contribution in [3.8, 4) is 11.3 Å². The van der Waals surface area contributed by atoms with Crippen LogP contribution >= 0.6 is 0 Å². The first-order valence-corrected chi connectivity index (χ1v) is 8.93. The van der Waals surface area contributed by atoms with Crippen LogP contribution in [0.15, 0.2) is 42.9 Å². The largest absolute Gasteiger partial charge is 0.452 e. The van der Waals surface area contributed by atoms with E-state index in [1.807, 2.05) is 29.9 Å². The van der Waals surface area contributed by atoms with E-state index in [1.54, 1.807) is 24.5 Å². The molecule has 0 bridgehead atoms. The molecule has 9 heteroatoms. The number of aromatic nitrogens is 4. The van der Waals surface area contributed by atoms with E-state index in [9.17, 15) is 14.7 Å². The van der Waals surface area contributed by atoms with Gasteiger partial charge in [0.05, 0.1) is 26.0 Å². The second-order valence-electron chi connectivity index (χ2n) is 6.51. The molecule has 1 aromatic carbocycles. The number of nitrogens with zero attached hydrogens (tertiary/aromatic N) is 4. The highest BCUT2D eigenvalue weighted by atomic mass is 16.5. The van der Waals surface area contributed by atoms with Gasteiger partial charge in [0.25, 0.3) is 5.91 Å². The molecule has 4 rings (SSSR count). The molecule has 0 radical (unpaired) electrons. The van der Waals surface area contributed by atoms with Gasteiger partial charge < -0.3 is 19.4 Å². The number of carbonyl (C=O) groups is 2. The summed E-state index contributed by atoms with van der Waals surface area (Å²) in [5, 5.41) is 10.0. The number of aliphatic hydroxyl groups is 1. The van der Waals surface area contributed by atoms with Crippen molar-refractivity contribution < 1.29 is 19.4 Å². The molecule has 0 saturated heterocycles. The number of imide groups is 1. The van der Waals surface area contributed by atoms with Gasteiger partial charge in [-0.25, -0.2) is 14.7 Å². The molecule has 0 fully saturated rings. The summed E-state index contributed by atoms with van der Waals surface area (Å²) in [7, 11) is 3.11. The Balaban J connectivity index is 1.82. The third kappa shape index (κ3) is 3.21. The summed E-state index contributed by atoms with van der Waals surface area (Å²) in [6.45, 7) is -0.501. The van der Waals surface area contributed by atoms with Crippen molar-refractivity contribution in [1.29, 1.82) is 0 Å². The predicted octanol–water partition coefficient (Wildman–Crippen LogP) is 2.32. The first-order valence-electron chi connectivity index (χ1n) is 8.93. The summed E-state index contributed by atoms with van der Waals surface area (Å²) in [5.41, 5.74) is 4.35. The third-order valence-electron chi connectivity index (χ3n) is 4.75. The number of amides is 2. The maximum Gasteiger partial charge on any atom is 0.416 e. The summed E-state index contributed by atoms with van der Waals surface area (Å²) in [6, 6.07) is 7.10. The first kappa shape index (κ1) is 18.6. The minimum atomic E-state index is -0.815. The highest BCUT2D eigenvalue weighted by Gasteiger charge is 2.24.